The molecule has 0 N–H and O–H groups in total. The SMILES string of the molecule is Cn1c2c(c3ccccc31)CCN(Cc1ccccc1)C2. The smallest absolute Gasteiger partial charge is 0.0483 e. The first kappa shape index (κ1) is 12.7. The van der Waals surface area contributed by atoms with Crippen LogP contribution in [-0.2, 0) is 26.6 Å². The highest BCUT2D eigenvalue weighted by Gasteiger charge is 2.22. The first-order valence-electron chi connectivity index (χ1n) is 7.64. The van der Waals surface area contributed by atoms with Gasteiger partial charge in [-0.25, -0.2) is 0 Å². The van der Waals surface area contributed by atoms with Crippen molar-refractivity contribution in [3.63, 3.8) is 0 Å². The topological polar surface area (TPSA) is 8.17 Å². The second-order valence-electron chi connectivity index (χ2n) is 5.95. The molecule has 0 unspecified atom stereocenters. The molecule has 0 radical (unpaired) electrons. The lowest BCUT2D eigenvalue weighted by Gasteiger charge is -2.28. The van der Waals surface area contributed by atoms with Crippen LogP contribution in [0.25, 0.3) is 10.9 Å². The van der Waals surface area contributed by atoms with Crippen molar-refractivity contribution in [1.29, 1.82) is 0 Å². The Hall–Kier alpha value is -2.06. The Bertz CT molecular complexity index is 771. The molecule has 2 nitrogen and oxygen atoms in total. The minimum Gasteiger partial charge on any atom is -0.346 e. The Morgan fingerprint density at radius 3 is 2.57 bits per heavy atom. The molecule has 1 aliphatic heterocycles. The third kappa shape index (κ3) is 2.16. The highest BCUT2D eigenvalue weighted by Crippen LogP contribution is 2.30. The number of rotatable bonds is 2. The zero-order valence-electron chi connectivity index (χ0n) is 12.4. The molecular weight excluding hydrogens is 256 g/mol. The van der Waals surface area contributed by atoms with Crippen LogP contribution in [0.5, 0.6) is 0 Å². The molecule has 2 aromatic carbocycles. The lowest BCUT2D eigenvalue weighted by atomic mass is 10.0. The zero-order valence-corrected chi connectivity index (χ0v) is 12.4. The summed E-state index contributed by atoms with van der Waals surface area (Å²) in [5, 5.41) is 1.44. The predicted molar refractivity (Wildman–Crippen MR) is 87.2 cm³/mol. The molecule has 1 aromatic heterocycles. The van der Waals surface area contributed by atoms with E-state index in [0.29, 0.717) is 0 Å². The van der Waals surface area contributed by atoms with Crippen LogP contribution in [0.15, 0.2) is 54.6 Å². The summed E-state index contributed by atoms with van der Waals surface area (Å²) in [5.74, 6) is 0. The molecule has 0 aliphatic carbocycles. The van der Waals surface area contributed by atoms with E-state index in [2.05, 4.69) is 71.1 Å². The van der Waals surface area contributed by atoms with Gasteiger partial charge >= 0.3 is 0 Å². The van der Waals surface area contributed by atoms with Crippen molar-refractivity contribution in [1.82, 2.24) is 9.47 Å². The minimum absolute atomic E-state index is 1.04. The maximum atomic E-state index is 2.55. The van der Waals surface area contributed by atoms with Crippen LogP contribution in [0, 0.1) is 0 Å². The van der Waals surface area contributed by atoms with Crippen LogP contribution < -0.4 is 0 Å². The molecule has 1 aliphatic rings. The Kier molecular flexibility index (Phi) is 3.04. The van der Waals surface area contributed by atoms with Crippen molar-refractivity contribution < 1.29 is 0 Å². The van der Waals surface area contributed by atoms with Gasteiger partial charge in [-0.2, -0.15) is 0 Å². The normalized spacial score (nSPS) is 15.3. The average molecular weight is 276 g/mol. The van der Waals surface area contributed by atoms with Crippen LogP contribution in [0.1, 0.15) is 16.8 Å². The van der Waals surface area contributed by atoms with Gasteiger partial charge < -0.3 is 4.57 Å². The molecule has 0 fully saturated rings. The number of para-hydroxylation sites is 1. The van der Waals surface area contributed by atoms with E-state index >= 15 is 0 Å². The van der Waals surface area contributed by atoms with Crippen LogP contribution in [0.2, 0.25) is 0 Å². The number of benzene rings is 2. The molecule has 2 heterocycles. The number of aryl methyl sites for hydroxylation is 1. The van der Waals surface area contributed by atoms with Gasteiger partial charge in [-0.3, -0.25) is 4.90 Å². The van der Waals surface area contributed by atoms with Gasteiger partial charge in [0.2, 0.25) is 0 Å². The van der Waals surface area contributed by atoms with E-state index in [0.717, 1.165) is 26.1 Å². The first-order chi connectivity index (χ1) is 10.3. The molecule has 21 heavy (non-hydrogen) atoms. The molecule has 0 saturated heterocycles. The van der Waals surface area contributed by atoms with Crippen molar-refractivity contribution >= 4 is 10.9 Å². The van der Waals surface area contributed by atoms with Crippen molar-refractivity contribution in [2.75, 3.05) is 6.54 Å². The molecule has 3 aromatic rings. The summed E-state index contributed by atoms with van der Waals surface area (Å²) in [5.41, 5.74) is 5.81. The lowest BCUT2D eigenvalue weighted by Crippen LogP contribution is -2.30. The van der Waals surface area contributed by atoms with E-state index in [9.17, 15) is 0 Å². The van der Waals surface area contributed by atoms with Gasteiger partial charge in [0.1, 0.15) is 0 Å². The van der Waals surface area contributed by atoms with Gasteiger partial charge in [-0.15, -0.1) is 0 Å². The number of hydrogen-bond donors (Lipinski definition) is 0. The van der Waals surface area contributed by atoms with Gasteiger partial charge in [0.05, 0.1) is 0 Å². The van der Waals surface area contributed by atoms with Crippen LogP contribution >= 0.6 is 0 Å². The fourth-order valence-corrected chi connectivity index (χ4v) is 3.54. The summed E-state index contributed by atoms with van der Waals surface area (Å²) in [7, 11) is 2.20. The predicted octanol–water partition coefficient (Wildman–Crippen LogP) is 3.74. The van der Waals surface area contributed by atoms with Crippen LogP contribution in [0.4, 0.5) is 0 Å². The molecule has 0 bridgehead atoms. The molecule has 0 spiro atoms. The lowest BCUT2D eigenvalue weighted by molar-refractivity contribution is 0.240. The minimum atomic E-state index is 1.04. The summed E-state index contributed by atoms with van der Waals surface area (Å²) >= 11 is 0. The Balaban J connectivity index is 1.66. The molecule has 4 rings (SSSR count). The Morgan fingerprint density at radius 2 is 1.71 bits per heavy atom. The van der Waals surface area contributed by atoms with Crippen molar-refractivity contribution in [3.05, 3.63) is 71.4 Å². The van der Waals surface area contributed by atoms with Crippen molar-refractivity contribution in [2.45, 2.75) is 19.5 Å². The van der Waals surface area contributed by atoms with Crippen LogP contribution in [0.3, 0.4) is 0 Å². The third-order valence-corrected chi connectivity index (χ3v) is 4.64. The van der Waals surface area contributed by atoms with E-state index in [1.807, 2.05) is 0 Å². The number of nitrogens with zero attached hydrogens (tertiary/aromatic N) is 2. The summed E-state index contributed by atoms with van der Waals surface area (Å²) in [4.78, 5) is 2.55. The number of aromatic nitrogens is 1. The maximum absolute atomic E-state index is 2.55. The van der Waals surface area contributed by atoms with Gasteiger partial charge in [0.25, 0.3) is 0 Å². The molecule has 0 saturated carbocycles. The highest BCUT2D eigenvalue weighted by atomic mass is 15.2. The van der Waals surface area contributed by atoms with Crippen molar-refractivity contribution in [2.24, 2.45) is 7.05 Å². The van der Waals surface area contributed by atoms with E-state index in [-0.39, 0.29) is 0 Å². The summed E-state index contributed by atoms with van der Waals surface area (Å²) in [6, 6.07) is 19.6. The fourth-order valence-electron chi connectivity index (χ4n) is 3.54. The van der Waals surface area contributed by atoms with Crippen LogP contribution in [-0.4, -0.2) is 16.0 Å². The molecule has 0 amide bonds. The van der Waals surface area contributed by atoms with Gasteiger partial charge in [0.15, 0.2) is 0 Å². The van der Waals surface area contributed by atoms with Crippen molar-refractivity contribution in [3.8, 4) is 0 Å². The molecule has 106 valence electrons. The van der Waals surface area contributed by atoms with Gasteiger partial charge in [0, 0.05) is 43.3 Å². The maximum Gasteiger partial charge on any atom is 0.0483 e. The monoisotopic (exact) mass is 276 g/mol. The van der Waals surface area contributed by atoms with E-state index in [1.165, 1.54) is 22.2 Å². The Morgan fingerprint density at radius 1 is 0.952 bits per heavy atom. The summed E-state index contributed by atoms with van der Waals surface area (Å²) in [6.07, 6.45) is 1.16. The molecule has 2 heteroatoms. The fraction of sp³-hybridized carbons (Fsp3) is 0.263. The summed E-state index contributed by atoms with van der Waals surface area (Å²) < 4.78 is 2.38. The summed E-state index contributed by atoms with van der Waals surface area (Å²) in [6.45, 7) is 3.24. The average Bonchev–Trinajstić information content (AvgIpc) is 2.82. The first-order valence-corrected chi connectivity index (χ1v) is 7.64. The Labute approximate surface area is 125 Å². The number of hydrogen-bond acceptors (Lipinski definition) is 1. The second kappa shape index (κ2) is 5.05. The largest absolute Gasteiger partial charge is 0.346 e. The van der Waals surface area contributed by atoms with Gasteiger partial charge in [-0.05, 0) is 23.6 Å². The van der Waals surface area contributed by atoms with E-state index in [1.54, 1.807) is 5.56 Å². The molecule has 0 atom stereocenters. The quantitative estimate of drug-likeness (QED) is 0.692. The highest BCUT2D eigenvalue weighted by molar-refractivity contribution is 5.85. The number of fused-ring (bicyclic) bond motifs is 3. The second-order valence-corrected chi connectivity index (χ2v) is 5.95. The van der Waals surface area contributed by atoms with Gasteiger partial charge in [-0.1, -0.05) is 48.5 Å². The van der Waals surface area contributed by atoms with E-state index in [4.69, 9.17) is 0 Å². The molecular formula is C19H20N2. The zero-order chi connectivity index (χ0) is 14.2. The van der Waals surface area contributed by atoms with E-state index < -0.39 is 0 Å². The standard InChI is InChI=1S/C19H20N2/c1-20-18-10-6-5-9-16(18)17-11-12-21(14-19(17)20)13-15-7-3-2-4-8-15/h2-10H,11-14H2,1H3. The third-order valence-electron chi connectivity index (χ3n) is 4.64.